The predicted octanol–water partition coefficient (Wildman–Crippen LogP) is 2.33. The topological polar surface area (TPSA) is 60.0 Å². The van der Waals surface area contributed by atoms with Crippen LogP contribution in [0.4, 0.5) is 0 Å². The van der Waals surface area contributed by atoms with E-state index in [9.17, 15) is 4.79 Å². The standard InChI is InChI=1S/C23H32N2O4/c26-23(17-13-27-14-17)24-20-9-10-25-11-12-28-22-4-2-1-3-19(22)16-5-7-18(8-6-16)29-15-21(20)25/h1-4,16-18,20-21H,5-15H2,(H,24,26)/t16?,18?,20-,21-/m0/s1. The summed E-state index contributed by atoms with van der Waals surface area (Å²) < 4.78 is 17.8. The molecule has 4 aliphatic heterocycles. The summed E-state index contributed by atoms with van der Waals surface area (Å²) in [5, 5.41) is 3.28. The lowest BCUT2D eigenvalue weighted by Gasteiger charge is -2.33. The Kier molecular flexibility index (Phi) is 5.75. The first-order valence-corrected chi connectivity index (χ1v) is 11.2. The zero-order chi connectivity index (χ0) is 19.6. The molecule has 29 heavy (non-hydrogen) atoms. The first-order valence-electron chi connectivity index (χ1n) is 11.2. The molecular formula is C23H32N2O4. The lowest BCUT2D eigenvalue weighted by atomic mass is 9.82. The number of hydrogen-bond donors (Lipinski definition) is 1. The third-order valence-corrected chi connectivity index (χ3v) is 7.17. The van der Waals surface area contributed by atoms with Crippen LogP contribution >= 0.6 is 0 Å². The van der Waals surface area contributed by atoms with Crippen LogP contribution < -0.4 is 10.1 Å². The molecule has 0 radical (unpaired) electrons. The van der Waals surface area contributed by atoms with E-state index in [1.165, 1.54) is 5.56 Å². The lowest BCUT2D eigenvalue weighted by Crippen LogP contribution is -2.52. The van der Waals surface area contributed by atoms with Gasteiger partial charge in [-0.15, -0.1) is 0 Å². The summed E-state index contributed by atoms with van der Waals surface area (Å²) in [6.45, 7) is 4.30. The normalized spacial score (nSPS) is 33.2. The Hall–Kier alpha value is -1.63. The van der Waals surface area contributed by atoms with Crippen LogP contribution in [0.15, 0.2) is 24.3 Å². The minimum absolute atomic E-state index is 0.0230. The molecule has 1 aromatic carbocycles. The third kappa shape index (κ3) is 4.16. The fourth-order valence-electron chi connectivity index (χ4n) is 5.27. The van der Waals surface area contributed by atoms with Crippen molar-refractivity contribution in [2.45, 2.75) is 56.2 Å². The molecule has 2 saturated heterocycles. The Balaban J connectivity index is 1.30. The Bertz CT molecular complexity index is 715. The average molecular weight is 401 g/mol. The number of hydrogen-bond acceptors (Lipinski definition) is 5. The third-order valence-electron chi connectivity index (χ3n) is 7.17. The van der Waals surface area contributed by atoms with Crippen LogP contribution in [0, 0.1) is 5.92 Å². The van der Waals surface area contributed by atoms with E-state index in [1.54, 1.807) is 0 Å². The summed E-state index contributed by atoms with van der Waals surface area (Å²) in [7, 11) is 0. The zero-order valence-electron chi connectivity index (χ0n) is 17.1. The largest absolute Gasteiger partial charge is 0.492 e. The Morgan fingerprint density at radius 3 is 2.62 bits per heavy atom. The molecule has 6 nitrogen and oxygen atoms in total. The quantitative estimate of drug-likeness (QED) is 0.826. The number of benzene rings is 1. The van der Waals surface area contributed by atoms with Crippen molar-refractivity contribution in [1.82, 2.24) is 10.2 Å². The molecule has 1 N–H and O–H groups in total. The lowest BCUT2D eigenvalue weighted by molar-refractivity contribution is -0.140. The van der Waals surface area contributed by atoms with Crippen molar-refractivity contribution < 1.29 is 19.0 Å². The van der Waals surface area contributed by atoms with Gasteiger partial charge < -0.3 is 19.5 Å². The predicted molar refractivity (Wildman–Crippen MR) is 109 cm³/mol. The molecule has 0 unspecified atom stereocenters. The van der Waals surface area contributed by atoms with Crippen molar-refractivity contribution >= 4 is 5.91 Å². The van der Waals surface area contributed by atoms with E-state index in [0.717, 1.165) is 50.9 Å². The highest BCUT2D eigenvalue weighted by atomic mass is 16.5. The molecule has 5 aliphatic rings. The highest BCUT2D eigenvalue weighted by Crippen LogP contribution is 2.38. The van der Waals surface area contributed by atoms with E-state index in [-0.39, 0.29) is 23.9 Å². The van der Waals surface area contributed by atoms with Crippen LogP contribution in [0.5, 0.6) is 5.75 Å². The van der Waals surface area contributed by atoms with Crippen LogP contribution in [0.1, 0.15) is 43.6 Å². The first kappa shape index (κ1) is 19.3. The highest BCUT2D eigenvalue weighted by Gasteiger charge is 2.38. The maximum absolute atomic E-state index is 12.5. The molecule has 3 fully saturated rings. The maximum Gasteiger partial charge on any atom is 0.228 e. The molecule has 4 heterocycles. The van der Waals surface area contributed by atoms with Gasteiger partial charge in [-0.1, -0.05) is 18.2 Å². The number of fused-ring (bicyclic) bond motifs is 5. The molecule has 158 valence electrons. The Labute approximate surface area is 172 Å². The molecule has 1 aromatic rings. The number of carbonyl (C=O) groups is 1. The summed E-state index contributed by atoms with van der Waals surface area (Å²) in [6, 6.07) is 8.91. The van der Waals surface area contributed by atoms with Gasteiger partial charge in [0.2, 0.25) is 5.91 Å². The van der Waals surface area contributed by atoms with Crippen molar-refractivity contribution in [2.24, 2.45) is 5.92 Å². The second-order valence-corrected chi connectivity index (χ2v) is 8.93. The van der Waals surface area contributed by atoms with Crippen molar-refractivity contribution in [3.63, 3.8) is 0 Å². The van der Waals surface area contributed by atoms with Gasteiger partial charge in [0.25, 0.3) is 0 Å². The second kappa shape index (κ2) is 8.62. The Morgan fingerprint density at radius 2 is 1.83 bits per heavy atom. The van der Waals surface area contributed by atoms with E-state index in [4.69, 9.17) is 14.2 Å². The fraction of sp³-hybridized carbons (Fsp3) is 0.696. The summed E-state index contributed by atoms with van der Waals surface area (Å²) >= 11 is 0. The monoisotopic (exact) mass is 400 g/mol. The highest BCUT2D eigenvalue weighted by molar-refractivity contribution is 5.80. The number of rotatable bonds is 2. The Morgan fingerprint density at radius 1 is 1.00 bits per heavy atom. The van der Waals surface area contributed by atoms with Crippen molar-refractivity contribution in [3.05, 3.63) is 29.8 Å². The maximum atomic E-state index is 12.5. The number of nitrogens with one attached hydrogen (secondary N) is 1. The second-order valence-electron chi connectivity index (χ2n) is 8.93. The molecule has 1 aliphatic carbocycles. The van der Waals surface area contributed by atoms with Crippen LogP contribution in [0.3, 0.4) is 0 Å². The zero-order valence-corrected chi connectivity index (χ0v) is 17.1. The summed E-state index contributed by atoms with van der Waals surface area (Å²) in [4.78, 5) is 14.9. The average Bonchev–Trinajstić information content (AvgIpc) is 3.07. The molecule has 1 saturated carbocycles. The van der Waals surface area contributed by atoms with Crippen molar-refractivity contribution in [1.29, 1.82) is 0 Å². The summed E-state index contributed by atoms with van der Waals surface area (Å²) in [5.41, 5.74) is 1.36. The fourth-order valence-corrected chi connectivity index (χ4v) is 5.27. The van der Waals surface area contributed by atoms with Crippen LogP contribution in [-0.2, 0) is 14.3 Å². The van der Waals surface area contributed by atoms with Gasteiger partial charge in [-0.3, -0.25) is 9.69 Å². The van der Waals surface area contributed by atoms with E-state index in [0.29, 0.717) is 38.4 Å². The number of nitrogens with zero attached hydrogens (tertiary/aromatic N) is 1. The van der Waals surface area contributed by atoms with Gasteiger partial charge in [0.05, 0.1) is 37.9 Å². The van der Waals surface area contributed by atoms with Crippen LogP contribution in [0.25, 0.3) is 0 Å². The van der Waals surface area contributed by atoms with Gasteiger partial charge in [-0.2, -0.15) is 0 Å². The molecular weight excluding hydrogens is 368 g/mol. The molecule has 6 rings (SSSR count). The van der Waals surface area contributed by atoms with E-state index < -0.39 is 0 Å². The number of amides is 1. The minimum Gasteiger partial charge on any atom is -0.492 e. The molecule has 0 aromatic heterocycles. The first-order chi connectivity index (χ1) is 14.3. The van der Waals surface area contributed by atoms with Crippen molar-refractivity contribution in [2.75, 3.05) is 39.5 Å². The van der Waals surface area contributed by atoms with E-state index in [1.807, 2.05) is 0 Å². The SMILES string of the molecule is O=C(N[C@H]1CCN2CCOc3ccccc3C3CCC(CC3)OC[C@@H]12)C1COC1. The summed E-state index contributed by atoms with van der Waals surface area (Å²) in [5.74, 6) is 1.77. The van der Waals surface area contributed by atoms with Gasteiger partial charge in [-0.05, 0) is 49.7 Å². The van der Waals surface area contributed by atoms with Crippen molar-refractivity contribution in [3.8, 4) is 5.75 Å². The van der Waals surface area contributed by atoms with Crippen LogP contribution in [-0.4, -0.2) is 68.5 Å². The minimum atomic E-state index is 0.0230. The van der Waals surface area contributed by atoms with Gasteiger partial charge in [-0.25, -0.2) is 0 Å². The van der Waals surface area contributed by atoms with Gasteiger partial charge in [0, 0.05) is 19.1 Å². The number of para-hydroxylation sites is 1. The van der Waals surface area contributed by atoms with Gasteiger partial charge in [0.15, 0.2) is 0 Å². The molecule has 2 bridgehead atoms. The number of ether oxygens (including phenoxy) is 3. The molecule has 0 spiro atoms. The summed E-state index contributed by atoms with van der Waals surface area (Å²) in [6.07, 6.45) is 5.81. The van der Waals surface area contributed by atoms with Gasteiger partial charge >= 0.3 is 0 Å². The van der Waals surface area contributed by atoms with Crippen LogP contribution in [0.2, 0.25) is 0 Å². The molecule has 2 atom stereocenters. The van der Waals surface area contributed by atoms with E-state index >= 15 is 0 Å². The number of carbonyl (C=O) groups excluding carboxylic acids is 1. The molecule has 1 amide bonds. The molecule has 6 heteroatoms. The van der Waals surface area contributed by atoms with E-state index in [2.05, 4.69) is 34.5 Å². The smallest absolute Gasteiger partial charge is 0.228 e. The van der Waals surface area contributed by atoms with Gasteiger partial charge in [0.1, 0.15) is 12.4 Å².